The van der Waals surface area contributed by atoms with Gasteiger partial charge >= 0.3 is 5.97 Å². The number of hydrogen-bond donors (Lipinski definition) is 3. The first-order valence-corrected chi connectivity index (χ1v) is 12.5. The zero-order valence-corrected chi connectivity index (χ0v) is 22.8. The third kappa shape index (κ3) is 12.5. The number of methoxy groups -OCH3 is 1. The lowest BCUT2D eigenvalue weighted by Gasteiger charge is -2.23. The first kappa shape index (κ1) is 33.0. The van der Waals surface area contributed by atoms with Crippen molar-refractivity contribution in [2.45, 2.75) is 52.9 Å². The van der Waals surface area contributed by atoms with Crippen LogP contribution in [0.3, 0.4) is 0 Å². The van der Waals surface area contributed by atoms with Crippen LogP contribution in [0.25, 0.3) is 10.9 Å². The molecule has 0 bridgehead atoms. The number of likely N-dealkylation sites (tertiary alicyclic amines) is 1. The van der Waals surface area contributed by atoms with Gasteiger partial charge in [0.1, 0.15) is 5.82 Å². The molecule has 0 spiro atoms. The molecule has 1 aromatic heterocycles. The van der Waals surface area contributed by atoms with Gasteiger partial charge in [-0.2, -0.15) is 0 Å². The van der Waals surface area contributed by atoms with Gasteiger partial charge in [-0.05, 0) is 42.8 Å². The quantitative estimate of drug-likeness (QED) is 0.374. The Balaban J connectivity index is 0.000000619. The monoisotopic (exact) mass is 514 g/mol. The standard InChI is InChI=1S/C12H13N3O2.C12H22N2O2.C2H6.CHN/c1-17-12(16)7-11(13)15-9-3-2-8-4-5-14-10(8)6-9;1-3-8-13(2)12(16)10-14-9-6-4-5-7-11(14)15;2*1-2/h2-7,14-15H,13H2,1H3;3-10H2,1-2H3;1-2H3;1H/b11-7+;;;. The van der Waals surface area contributed by atoms with Crippen molar-refractivity contribution < 1.29 is 19.1 Å². The summed E-state index contributed by atoms with van der Waals surface area (Å²) >= 11 is 0. The highest BCUT2D eigenvalue weighted by Gasteiger charge is 2.20. The molecular formula is C27H42N6O4. The summed E-state index contributed by atoms with van der Waals surface area (Å²) in [6.45, 7) is 11.3. The van der Waals surface area contributed by atoms with Crippen molar-refractivity contribution in [3.05, 3.63) is 42.4 Å². The summed E-state index contributed by atoms with van der Waals surface area (Å²) in [6, 6.07) is 7.73. The van der Waals surface area contributed by atoms with Crippen LogP contribution in [-0.2, 0) is 19.1 Å². The number of nitrogens with two attached hydrogens (primary N) is 1. The molecule has 0 saturated carbocycles. The number of H-pyrrole nitrogens is 1. The zero-order chi connectivity index (χ0) is 28.2. The number of nitriles is 1. The number of anilines is 1. The van der Waals surface area contributed by atoms with Gasteiger partial charge in [0, 0.05) is 50.5 Å². The van der Waals surface area contributed by atoms with E-state index in [4.69, 9.17) is 11.0 Å². The van der Waals surface area contributed by atoms with E-state index in [2.05, 4.69) is 21.6 Å². The summed E-state index contributed by atoms with van der Waals surface area (Å²) in [5.74, 6) is -0.0634. The lowest BCUT2D eigenvalue weighted by Crippen LogP contribution is -2.41. The third-order valence-electron chi connectivity index (χ3n) is 5.30. The first-order valence-electron chi connectivity index (χ1n) is 12.5. The van der Waals surface area contributed by atoms with Gasteiger partial charge in [0.15, 0.2) is 0 Å². The van der Waals surface area contributed by atoms with Crippen LogP contribution < -0.4 is 11.1 Å². The number of aromatic amines is 1. The number of esters is 1. The van der Waals surface area contributed by atoms with E-state index < -0.39 is 5.97 Å². The van der Waals surface area contributed by atoms with Crippen molar-refractivity contribution in [3.63, 3.8) is 0 Å². The molecule has 0 atom stereocenters. The van der Waals surface area contributed by atoms with Gasteiger partial charge in [-0.3, -0.25) is 9.59 Å². The predicted octanol–water partition coefficient (Wildman–Crippen LogP) is 3.98. The molecule has 10 nitrogen and oxygen atoms in total. The second-order valence-corrected chi connectivity index (χ2v) is 7.97. The lowest BCUT2D eigenvalue weighted by molar-refractivity contribution is -0.139. The highest BCUT2D eigenvalue weighted by molar-refractivity contribution is 5.85. The second kappa shape index (κ2) is 19.2. The van der Waals surface area contributed by atoms with Crippen LogP contribution in [0.1, 0.15) is 52.9 Å². The number of ether oxygens (including phenoxy) is 1. The van der Waals surface area contributed by atoms with Crippen LogP contribution in [0, 0.1) is 11.8 Å². The Kier molecular flexibility index (Phi) is 17.1. The molecule has 1 fully saturated rings. The molecule has 2 amide bonds. The van der Waals surface area contributed by atoms with Gasteiger partial charge in [0.25, 0.3) is 0 Å². The van der Waals surface area contributed by atoms with Crippen molar-refractivity contribution >= 4 is 34.4 Å². The molecule has 4 N–H and O–H groups in total. The maximum absolute atomic E-state index is 11.8. The fourth-order valence-corrected chi connectivity index (χ4v) is 3.46. The van der Waals surface area contributed by atoms with Crippen LogP contribution in [0.15, 0.2) is 42.4 Å². The van der Waals surface area contributed by atoms with E-state index in [0.717, 1.165) is 55.4 Å². The minimum absolute atomic E-state index is 0.0529. The maximum Gasteiger partial charge on any atom is 0.334 e. The number of amides is 2. The van der Waals surface area contributed by atoms with E-state index >= 15 is 0 Å². The predicted molar refractivity (Wildman–Crippen MR) is 147 cm³/mol. The number of carbonyl (C=O) groups is 3. The molecule has 2 heterocycles. The molecular weight excluding hydrogens is 472 g/mol. The van der Waals surface area contributed by atoms with Crippen molar-refractivity contribution in [3.8, 4) is 6.57 Å². The molecule has 0 unspecified atom stereocenters. The van der Waals surface area contributed by atoms with Gasteiger partial charge in [0.05, 0.1) is 19.7 Å². The average Bonchev–Trinajstić information content (AvgIpc) is 3.28. The summed E-state index contributed by atoms with van der Waals surface area (Å²) in [7, 11) is 3.10. The summed E-state index contributed by atoms with van der Waals surface area (Å²) in [5, 5.41) is 10.5. The van der Waals surface area contributed by atoms with Crippen LogP contribution in [0.2, 0.25) is 0 Å². The minimum atomic E-state index is -0.490. The normalized spacial score (nSPS) is 12.9. The van der Waals surface area contributed by atoms with Gasteiger partial charge in [0.2, 0.25) is 11.8 Å². The second-order valence-electron chi connectivity index (χ2n) is 7.97. The fraction of sp³-hybridized carbons (Fsp3) is 0.481. The number of fused-ring (bicyclic) bond motifs is 1. The van der Waals surface area contributed by atoms with Crippen LogP contribution in [0.5, 0.6) is 0 Å². The number of likely N-dealkylation sites (N-methyl/N-ethyl adjacent to an activating group) is 1. The van der Waals surface area contributed by atoms with Crippen molar-refractivity contribution in [2.24, 2.45) is 5.73 Å². The topological polar surface area (TPSA) is 145 Å². The Hall–Kier alpha value is -4.00. The third-order valence-corrected chi connectivity index (χ3v) is 5.30. The smallest absolute Gasteiger partial charge is 0.334 e. The molecule has 2 aromatic rings. The van der Waals surface area contributed by atoms with Gasteiger partial charge in [-0.1, -0.05) is 33.3 Å². The molecule has 1 aliphatic heterocycles. The van der Waals surface area contributed by atoms with Crippen molar-refractivity contribution in [1.29, 1.82) is 5.26 Å². The molecule has 10 heteroatoms. The number of aromatic nitrogens is 1. The molecule has 3 rings (SSSR count). The number of nitrogens with one attached hydrogen (secondary N) is 2. The number of nitrogens with zero attached hydrogens (tertiary/aromatic N) is 3. The molecule has 0 aliphatic carbocycles. The Morgan fingerprint density at radius 3 is 2.59 bits per heavy atom. The van der Waals surface area contributed by atoms with E-state index in [0.29, 0.717) is 6.42 Å². The Morgan fingerprint density at radius 2 is 1.95 bits per heavy atom. The Labute approximate surface area is 220 Å². The van der Waals surface area contributed by atoms with E-state index in [9.17, 15) is 14.4 Å². The largest absolute Gasteiger partial charge is 0.466 e. The van der Waals surface area contributed by atoms with E-state index in [-0.39, 0.29) is 24.2 Å². The highest BCUT2D eigenvalue weighted by Crippen LogP contribution is 2.18. The highest BCUT2D eigenvalue weighted by atomic mass is 16.5. The van der Waals surface area contributed by atoms with Crippen LogP contribution in [0.4, 0.5) is 5.69 Å². The zero-order valence-electron chi connectivity index (χ0n) is 22.8. The van der Waals surface area contributed by atoms with Crippen LogP contribution in [-0.4, -0.2) is 66.4 Å². The first-order chi connectivity index (χ1) is 17.8. The maximum atomic E-state index is 11.8. The number of rotatable bonds is 7. The summed E-state index contributed by atoms with van der Waals surface area (Å²) < 4.78 is 4.47. The SMILES string of the molecule is C#N.CC.CCCN(C)C(=O)CN1CCCCCC1=O.COC(=O)/C=C(\N)Nc1ccc2cc[nH]c2c1. The number of carbonyl (C=O) groups excluding carboxylic acids is 3. The Bertz CT molecular complexity index is 1010. The molecule has 0 radical (unpaired) electrons. The van der Waals surface area contributed by atoms with Crippen molar-refractivity contribution in [1.82, 2.24) is 14.8 Å². The minimum Gasteiger partial charge on any atom is -0.466 e. The molecule has 37 heavy (non-hydrogen) atoms. The van der Waals surface area contributed by atoms with Gasteiger partial charge < -0.3 is 30.6 Å². The fourth-order valence-electron chi connectivity index (χ4n) is 3.46. The number of benzene rings is 1. The lowest BCUT2D eigenvalue weighted by atomic mass is 10.2. The summed E-state index contributed by atoms with van der Waals surface area (Å²) in [4.78, 5) is 40.9. The van der Waals surface area contributed by atoms with Crippen molar-refractivity contribution in [2.75, 3.05) is 39.1 Å². The number of hydrogen-bond acceptors (Lipinski definition) is 7. The molecule has 1 saturated heterocycles. The molecule has 1 aromatic carbocycles. The summed E-state index contributed by atoms with van der Waals surface area (Å²) in [6.07, 6.45) is 7.70. The summed E-state index contributed by atoms with van der Waals surface area (Å²) in [5.41, 5.74) is 7.44. The van der Waals surface area contributed by atoms with Crippen LogP contribution >= 0.6 is 0 Å². The molecule has 1 aliphatic rings. The van der Waals surface area contributed by atoms with E-state index in [1.807, 2.05) is 51.2 Å². The van der Waals surface area contributed by atoms with Gasteiger partial charge in [-0.25, -0.2) is 10.1 Å². The average molecular weight is 515 g/mol. The Morgan fingerprint density at radius 1 is 1.24 bits per heavy atom. The molecule has 204 valence electrons. The van der Waals surface area contributed by atoms with Gasteiger partial charge in [-0.15, -0.1) is 0 Å². The van der Waals surface area contributed by atoms with E-state index in [1.54, 1.807) is 16.8 Å². The van der Waals surface area contributed by atoms with E-state index in [1.165, 1.54) is 13.2 Å².